The number of amides is 2. The molecule has 2 amide bonds. The average molecular weight is 423 g/mol. The zero-order valence-electron chi connectivity index (χ0n) is 15.3. The Hall–Kier alpha value is -2.78. The number of nitrogens with two attached hydrogens (primary N) is 1. The first-order valence-corrected chi connectivity index (χ1v) is 9.69. The number of nitrogens with zero attached hydrogens (tertiary/aromatic N) is 2. The number of hydrogen-bond donors (Lipinski definition) is 2. The Labute approximate surface area is 170 Å². The molecular formula is C18H19ClN4O4S. The molecule has 0 saturated heterocycles. The van der Waals surface area contributed by atoms with Gasteiger partial charge in [0.25, 0.3) is 5.19 Å². The Morgan fingerprint density at radius 1 is 1.39 bits per heavy atom. The summed E-state index contributed by atoms with van der Waals surface area (Å²) in [5.74, 6) is 1.79. The highest BCUT2D eigenvalue weighted by Gasteiger charge is 2.13. The van der Waals surface area contributed by atoms with Crippen molar-refractivity contribution >= 4 is 29.0 Å². The van der Waals surface area contributed by atoms with Crippen LogP contribution in [0.2, 0.25) is 5.02 Å². The van der Waals surface area contributed by atoms with E-state index in [1.807, 2.05) is 13.8 Å². The number of urea groups is 1. The normalized spacial score (nSPS) is 10.9. The highest BCUT2D eigenvalue weighted by atomic mass is 35.5. The predicted molar refractivity (Wildman–Crippen MR) is 106 cm³/mol. The molecule has 10 heteroatoms. The van der Waals surface area contributed by atoms with Gasteiger partial charge in [-0.05, 0) is 26.0 Å². The zero-order chi connectivity index (χ0) is 20.1. The molecule has 0 aliphatic heterocycles. The summed E-state index contributed by atoms with van der Waals surface area (Å²) < 4.78 is 16.6. The second-order valence-corrected chi connectivity index (χ2v) is 7.47. The summed E-state index contributed by atoms with van der Waals surface area (Å²) in [4.78, 5) is 15.7. The quantitative estimate of drug-likeness (QED) is 0.561. The van der Waals surface area contributed by atoms with Crippen LogP contribution < -0.4 is 20.5 Å². The molecular weight excluding hydrogens is 404 g/mol. The monoisotopic (exact) mass is 422 g/mol. The lowest BCUT2D eigenvalue weighted by atomic mass is 10.3. The highest BCUT2D eigenvalue weighted by molar-refractivity contribution is 7.16. The van der Waals surface area contributed by atoms with Gasteiger partial charge in [-0.3, -0.25) is 0 Å². The lowest BCUT2D eigenvalue weighted by Gasteiger charge is -2.11. The Balaban J connectivity index is 1.64. The first-order chi connectivity index (χ1) is 13.4. The van der Waals surface area contributed by atoms with Gasteiger partial charge in [-0.2, -0.15) is 0 Å². The maximum Gasteiger partial charge on any atom is 0.312 e. The number of carbonyl (C=O) groups excluding carboxylic acids is 1. The van der Waals surface area contributed by atoms with E-state index in [9.17, 15) is 4.79 Å². The van der Waals surface area contributed by atoms with Crippen molar-refractivity contribution in [1.82, 2.24) is 15.5 Å². The molecule has 3 aromatic rings. The van der Waals surface area contributed by atoms with Crippen LogP contribution >= 0.6 is 22.9 Å². The summed E-state index contributed by atoms with van der Waals surface area (Å²) in [6.45, 7) is 4.26. The molecule has 0 atom stereocenters. The van der Waals surface area contributed by atoms with Gasteiger partial charge in [0.05, 0.1) is 22.2 Å². The van der Waals surface area contributed by atoms with Crippen LogP contribution in [0.15, 0.2) is 35.0 Å². The molecule has 148 valence electrons. The summed E-state index contributed by atoms with van der Waals surface area (Å²) in [5.41, 5.74) is 5.66. The molecule has 28 heavy (non-hydrogen) atoms. The van der Waals surface area contributed by atoms with Gasteiger partial charge in [0.2, 0.25) is 0 Å². The van der Waals surface area contributed by atoms with Crippen molar-refractivity contribution in [3.63, 3.8) is 0 Å². The van der Waals surface area contributed by atoms with Crippen LogP contribution in [0.25, 0.3) is 10.6 Å². The second-order valence-electron chi connectivity index (χ2n) is 6.07. The van der Waals surface area contributed by atoms with E-state index in [1.165, 1.54) is 11.3 Å². The number of halogens is 1. The molecule has 1 aromatic carbocycles. The van der Waals surface area contributed by atoms with Gasteiger partial charge in [-0.15, -0.1) is 0 Å². The number of nitrogens with one attached hydrogen (secondary N) is 1. The van der Waals surface area contributed by atoms with Crippen LogP contribution in [0.3, 0.4) is 0 Å². The van der Waals surface area contributed by atoms with Crippen LogP contribution in [0.1, 0.15) is 19.6 Å². The maximum atomic E-state index is 10.7. The molecule has 3 N–H and O–H groups in total. The molecule has 0 aliphatic rings. The molecule has 2 aromatic heterocycles. The fourth-order valence-corrected chi connectivity index (χ4v) is 3.22. The fraction of sp³-hybridized carbons (Fsp3) is 0.278. The standard InChI is InChI=1S/C18H19ClN4O4S/c1-10(2)25-11-3-4-15(13(19)7-11)26-18-22-9-16(28-18)14-8-12(27-23-14)5-6-21-17(20)24/h3-4,7-10H,5-6H2,1-2H3,(H3,20,21,24). The zero-order valence-corrected chi connectivity index (χ0v) is 16.8. The SMILES string of the molecule is CC(C)Oc1ccc(Oc2ncc(-c3cc(CCNC(N)=O)on3)s2)c(Cl)c1. The Morgan fingerprint density at radius 3 is 2.93 bits per heavy atom. The van der Waals surface area contributed by atoms with Gasteiger partial charge in [0.1, 0.15) is 23.0 Å². The number of thiazole rings is 1. The minimum absolute atomic E-state index is 0.0586. The van der Waals surface area contributed by atoms with Crippen LogP contribution in [-0.4, -0.2) is 28.8 Å². The number of carbonyl (C=O) groups is 1. The smallest absolute Gasteiger partial charge is 0.312 e. The summed E-state index contributed by atoms with van der Waals surface area (Å²) in [6.07, 6.45) is 2.19. The van der Waals surface area contributed by atoms with Crippen LogP contribution in [0.5, 0.6) is 16.7 Å². The van der Waals surface area contributed by atoms with E-state index in [-0.39, 0.29) is 6.10 Å². The molecule has 0 fully saturated rings. The number of aromatic nitrogens is 2. The number of ether oxygens (including phenoxy) is 2. The van der Waals surface area contributed by atoms with E-state index in [4.69, 9.17) is 31.3 Å². The lowest BCUT2D eigenvalue weighted by molar-refractivity contribution is 0.242. The van der Waals surface area contributed by atoms with Crippen LogP contribution in [0.4, 0.5) is 4.79 Å². The van der Waals surface area contributed by atoms with E-state index in [2.05, 4.69) is 15.5 Å². The number of hydrogen-bond acceptors (Lipinski definition) is 7. The van der Waals surface area contributed by atoms with E-state index in [0.29, 0.717) is 46.1 Å². The molecule has 0 saturated carbocycles. The highest BCUT2D eigenvalue weighted by Crippen LogP contribution is 2.36. The second kappa shape index (κ2) is 8.94. The first kappa shape index (κ1) is 20.0. The lowest BCUT2D eigenvalue weighted by Crippen LogP contribution is -2.30. The van der Waals surface area contributed by atoms with E-state index in [0.717, 1.165) is 4.88 Å². The first-order valence-electron chi connectivity index (χ1n) is 8.50. The van der Waals surface area contributed by atoms with E-state index < -0.39 is 6.03 Å². The van der Waals surface area contributed by atoms with Crippen molar-refractivity contribution < 1.29 is 18.8 Å². The summed E-state index contributed by atoms with van der Waals surface area (Å²) in [6, 6.07) is 6.44. The summed E-state index contributed by atoms with van der Waals surface area (Å²) in [5, 5.41) is 7.36. The topological polar surface area (TPSA) is 112 Å². The van der Waals surface area contributed by atoms with E-state index >= 15 is 0 Å². The van der Waals surface area contributed by atoms with Gasteiger partial charge in [-0.25, -0.2) is 9.78 Å². The maximum absolute atomic E-state index is 10.7. The summed E-state index contributed by atoms with van der Waals surface area (Å²) >= 11 is 7.58. The van der Waals surface area contributed by atoms with Crippen molar-refractivity contribution in [3.05, 3.63) is 41.2 Å². The van der Waals surface area contributed by atoms with Gasteiger partial charge in [0, 0.05) is 25.1 Å². The van der Waals surface area contributed by atoms with Crippen molar-refractivity contribution in [3.8, 4) is 27.3 Å². The third-order valence-electron chi connectivity index (χ3n) is 3.44. The van der Waals surface area contributed by atoms with Gasteiger partial charge in [-0.1, -0.05) is 28.1 Å². The fourth-order valence-electron chi connectivity index (χ4n) is 2.28. The van der Waals surface area contributed by atoms with E-state index in [1.54, 1.807) is 30.5 Å². The Kier molecular flexibility index (Phi) is 6.37. The van der Waals surface area contributed by atoms with Gasteiger partial charge < -0.3 is 25.0 Å². The molecule has 0 aliphatic carbocycles. The van der Waals surface area contributed by atoms with Crippen molar-refractivity contribution in [1.29, 1.82) is 0 Å². The summed E-state index contributed by atoms with van der Waals surface area (Å²) in [7, 11) is 0. The third-order valence-corrected chi connectivity index (χ3v) is 4.63. The minimum atomic E-state index is -0.577. The van der Waals surface area contributed by atoms with Crippen LogP contribution in [-0.2, 0) is 6.42 Å². The minimum Gasteiger partial charge on any atom is -0.491 e. The number of rotatable bonds is 8. The van der Waals surface area contributed by atoms with Crippen molar-refractivity contribution in [2.75, 3.05) is 6.54 Å². The molecule has 0 bridgehead atoms. The molecule has 0 radical (unpaired) electrons. The largest absolute Gasteiger partial charge is 0.491 e. The Morgan fingerprint density at radius 2 is 2.21 bits per heavy atom. The van der Waals surface area contributed by atoms with Crippen molar-refractivity contribution in [2.45, 2.75) is 26.4 Å². The third kappa shape index (κ3) is 5.37. The van der Waals surface area contributed by atoms with Crippen molar-refractivity contribution in [2.24, 2.45) is 5.73 Å². The molecule has 0 spiro atoms. The molecule has 3 rings (SSSR count). The molecule has 8 nitrogen and oxygen atoms in total. The van der Waals surface area contributed by atoms with Crippen LogP contribution in [0, 0.1) is 0 Å². The number of primary amides is 1. The van der Waals surface area contributed by atoms with Gasteiger partial charge >= 0.3 is 6.03 Å². The van der Waals surface area contributed by atoms with Gasteiger partial charge in [0.15, 0.2) is 0 Å². The Bertz CT molecular complexity index is 957. The number of benzene rings is 1. The molecule has 0 unspecified atom stereocenters. The predicted octanol–water partition coefficient (Wildman–Crippen LogP) is 4.24. The molecule has 2 heterocycles. The average Bonchev–Trinajstić information content (AvgIpc) is 3.26.